The number of hydrogen-bond donors (Lipinski definition) is 2. The Bertz CT molecular complexity index is 883. The van der Waals surface area contributed by atoms with Crippen LogP contribution in [-0.2, 0) is 4.74 Å². The minimum Gasteiger partial charge on any atom is -0.465 e. The molecule has 1 aromatic carbocycles. The summed E-state index contributed by atoms with van der Waals surface area (Å²) in [5.74, 6) is -1.57. The smallest absolute Gasteiger partial charge is 0.341 e. The van der Waals surface area contributed by atoms with E-state index in [0.29, 0.717) is 16.7 Å². The van der Waals surface area contributed by atoms with Gasteiger partial charge in [0.15, 0.2) is 0 Å². The van der Waals surface area contributed by atoms with Crippen LogP contribution in [0.5, 0.6) is 0 Å². The molecule has 0 saturated heterocycles. The summed E-state index contributed by atoms with van der Waals surface area (Å²) in [5.41, 5.74) is 1.22. The van der Waals surface area contributed by atoms with E-state index in [9.17, 15) is 14.4 Å². The fraction of sp³-hybridized carbons (Fsp3) is 0.263. The minimum atomic E-state index is -0.597. The highest BCUT2D eigenvalue weighted by atomic mass is 79.9. The third kappa shape index (κ3) is 4.91. The highest BCUT2D eigenvalue weighted by molar-refractivity contribution is 9.10. The van der Waals surface area contributed by atoms with Gasteiger partial charge in [0.05, 0.1) is 23.9 Å². The number of ether oxygens (including phenoxy) is 1. The van der Waals surface area contributed by atoms with Gasteiger partial charge in [0.25, 0.3) is 11.8 Å². The molecule has 0 aliphatic carbocycles. The van der Waals surface area contributed by atoms with Gasteiger partial charge in [-0.25, -0.2) is 9.78 Å². The maximum absolute atomic E-state index is 12.8. The van der Waals surface area contributed by atoms with E-state index in [2.05, 4.69) is 31.5 Å². The standard InChI is InChI=1S/C19H20BrN3O4/c1-4-10-21-18(25)16-12(9-8-11(2)22-16)17(24)23-14-7-5-6-13(20)15(14)19(26)27-3/h5-9H,4,10H2,1-3H3,(H,21,25)(H,23,24). The first-order valence-electron chi connectivity index (χ1n) is 8.33. The van der Waals surface area contributed by atoms with Crippen LogP contribution in [0.2, 0.25) is 0 Å². The number of aromatic nitrogens is 1. The fourth-order valence-corrected chi connectivity index (χ4v) is 2.89. The van der Waals surface area contributed by atoms with Gasteiger partial charge in [-0.1, -0.05) is 13.0 Å². The molecule has 8 heteroatoms. The summed E-state index contributed by atoms with van der Waals surface area (Å²) in [7, 11) is 1.26. The second-order valence-electron chi connectivity index (χ2n) is 5.71. The lowest BCUT2D eigenvalue weighted by Gasteiger charge is -2.13. The maximum atomic E-state index is 12.8. The summed E-state index contributed by atoms with van der Waals surface area (Å²) in [5, 5.41) is 5.38. The first-order chi connectivity index (χ1) is 12.9. The van der Waals surface area contributed by atoms with Gasteiger partial charge in [-0.05, 0) is 53.5 Å². The Balaban J connectivity index is 2.39. The SMILES string of the molecule is CCCNC(=O)c1nc(C)ccc1C(=O)Nc1cccc(Br)c1C(=O)OC. The van der Waals surface area contributed by atoms with Crippen molar-refractivity contribution < 1.29 is 19.1 Å². The van der Waals surface area contributed by atoms with E-state index in [4.69, 9.17) is 4.74 Å². The first-order valence-corrected chi connectivity index (χ1v) is 9.12. The molecule has 0 saturated carbocycles. The summed E-state index contributed by atoms with van der Waals surface area (Å²) in [6, 6.07) is 8.10. The lowest BCUT2D eigenvalue weighted by molar-refractivity contribution is 0.0600. The number of pyridine rings is 1. The Morgan fingerprint density at radius 1 is 1.15 bits per heavy atom. The average molecular weight is 434 g/mol. The molecule has 0 unspecified atom stereocenters. The molecule has 27 heavy (non-hydrogen) atoms. The fourth-order valence-electron chi connectivity index (χ4n) is 2.36. The third-order valence-electron chi connectivity index (χ3n) is 3.68. The number of methoxy groups -OCH3 is 1. The number of carbonyl (C=O) groups excluding carboxylic acids is 3. The number of nitrogens with one attached hydrogen (secondary N) is 2. The van der Waals surface area contributed by atoms with E-state index in [1.54, 1.807) is 31.2 Å². The van der Waals surface area contributed by atoms with Crippen LogP contribution in [0.1, 0.15) is 50.2 Å². The van der Waals surface area contributed by atoms with Crippen molar-refractivity contribution in [3.8, 4) is 0 Å². The number of aryl methyl sites for hydroxylation is 1. The molecule has 1 heterocycles. The van der Waals surface area contributed by atoms with Crippen molar-refractivity contribution in [2.75, 3.05) is 19.0 Å². The van der Waals surface area contributed by atoms with Crippen molar-refractivity contribution in [2.45, 2.75) is 20.3 Å². The Hall–Kier alpha value is -2.74. The van der Waals surface area contributed by atoms with Gasteiger partial charge in [-0.2, -0.15) is 0 Å². The highest BCUT2D eigenvalue weighted by Crippen LogP contribution is 2.26. The molecule has 142 valence electrons. The Kier molecular flexibility index (Phi) is 7.06. The summed E-state index contributed by atoms with van der Waals surface area (Å²) in [6.45, 7) is 4.15. The number of amides is 2. The van der Waals surface area contributed by atoms with Crippen LogP contribution in [0, 0.1) is 6.92 Å². The molecule has 0 aliphatic heterocycles. The summed E-state index contributed by atoms with van der Waals surface area (Å²) >= 11 is 3.28. The Labute approximate surface area is 165 Å². The van der Waals surface area contributed by atoms with E-state index in [1.807, 2.05) is 6.92 Å². The Morgan fingerprint density at radius 3 is 2.56 bits per heavy atom. The molecule has 0 bridgehead atoms. The average Bonchev–Trinajstić information content (AvgIpc) is 2.65. The minimum absolute atomic E-state index is 0.0376. The van der Waals surface area contributed by atoms with Gasteiger partial charge >= 0.3 is 5.97 Å². The van der Waals surface area contributed by atoms with Crippen LogP contribution < -0.4 is 10.6 Å². The molecule has 0 radical (unpaired) electrons. The molecule has 0 fully saturated rings. The first kappa shape index (κ1) is 20.6. The van der Waals surface area contributed by atoms with E-state index >= 15 is 0 Å². The third-order valence-corrected chi connectivity index (χ3v) is 4.34. The van der Waals surface area contributed by atoms with Crippen LogP contribution >= 0.6 is 15.9 Å². The van der Waals surface area contributed by atoms with E-state index in [1.165, 1.54) is 13.2 Å². The summed E-state index contributed by atoms with van der Waals surface area (Å²) in [4.78, 5) is 41.4. The van der Waals surface area contributed by atoms with Crippen LogP contribution in [0.15, 0.2) is 34.8 Å². The van der Waals surface area contributed by atoms with Gasteiger partial charge in [0.2, 0.25) is 0 Å². The zero-order valence-electron chi connectivity index (χ0n) is 15.3. The zero-order chi connectivity index (χ0) is 20.0. The van der Waals surface area contributed by atoms with Gasteiger partial charge in [-0.15, -0.1) is 0 Å². The van der Waals surface area contributed by atoms with Gasteiger partial charge in [0.1, 0.15) is 5.69 Å². The molecule has 7 nitrogen and oxygen atoms in total. The molecule has 1 aromatic heterocycles. The van der Waals surface area contributed by atoms with E-state index in [-0.39, 0.29) is 22.5 Å². The quantitative estimate of drug-likeness (QED) is 0.680. The predicted octanol–water partition coefficient (Wildman–Crippen LogP) is 3.33. The normalized spacial score (nSPS) is 10.2. The number of nitrogens with zero attached hydrogens (tertiary/aromatic N) is 1. The lowest BCUT2D eigenvalue weighted by Crippen LogP contribution is -2.28. The molecule has 2 amide bonds. The molecule has 0 atom stereocenters. The molecule has 2 N–H and O–H groups in total. The molecular weight excluding hydrogens is 414 g/mol. The molecule has 2 rings (SSSR count). The largest absolute Gasteiger partial charge is 0.465 e. The second kappa shape index (κ2) is 9.27. The molecule has 0 spiro atoms. The molecular formula is C19H20BrN3O4. The summed E-state index contributed by atoms with van der Waals surface area (Å²) < 4.78 is 5.25. The zero-order valence-corrected chi connectivity index (χ0v) is 16.8. The monoisotopic (exact) mass is 433 g/mol. The number of carbonyl (C=O) groups is 3. The van der Waals surface area contributed by atoms with Crippen molar-refractivity contribution in [1.82, 2.24) is 10.3 Å². The van der Waals surface area contributed by atoms with Crippen molar-refractivity contribution in [3.63, 3.8) is 0 Å². The van der Waals surface area contributed by atoms with Crippen molar-refractivity contribution in [1.29, 1.82) is 0 Å². The predicted molar refractivity (Wildman–Crippen MR) is 105 cm³/mol. The Morgan fingerprint density at radius 2 is 1.89 bits per heavy atom. The van der Waals surface area contributed by atoms with Crippen LogP contribution in [0.25, 0.3) is 0 Å². The number of anilines is 1. The molecule has 0 aliphatic rings. The van der Waals surface area contributed by atoms with Gasteiger partial charge < -0.3 is 15.4 Å². The second-order valence-corrected chi connectivity index (χ2v) is 6.57. The topological polar surface area (TPSA) is 97.4 Å². The van der Waals surface area contributed by atoms with E-state index < -0.39 is 17.8 Å². The molecule has 2 aromatic rings. The van der Waals surface area contributed by atoms with Crippen LogP contribution in [0.3, 0.4) is 0 Å². The van der Waals surface area contributed by atoms with Crippen molar-refractivity contribution >= 4 is 39.4 Å². The van der Waals surface area contributed by atoms with Crippen LogP contribution in [0.4, 0.5) is 5.69 Å². The summed E-state index contributed by atoms with van der Waals surface area (Å²) in [6.07, 6.45) is 0.764. The highest BCUT2D eigenvalue weighted by Gasteiger charge is 2.22. The number of hydrogen-bond acceptors (Lipinski definition) is 5. The van der Waals surface area contributed by atoms with Crippen molar-refractivity contribution in [2.24, 2.45) is 0 Å². The van der Waals surface area contributed by atoms with E-state index in [0.717, 1.165) is 6.42 Å². The van der Waals surface area contributed by atoms with Crippen molar-refractivity contribution in [3.05, 3.63) is 57.3 Å². The number of halogens is 1. The van der Waals surface area contributed by atoms with Gasteiger partial charge in [0, 0.05) is 16.7 Å². The number of esters is 1. The number of benzene rings is 1. The lowest BCUT2D eigenvalue weighted by atomic mass is 10.1. The maximum Gasteiger partial charge on any atom is 0.341 e. The number of rotatable bonds is 6. The van der Waals surface area contributed by atoms with Gasteiger partial charge in [-0.3, -0.25) is 9.59 Å². The van der Waals surface area contributed by atoms with Crippen LogP contribution in [-0.4, -0.2) is 36.4 Å².